The third kappa shape index (κ3) is 14.8. The number of carbonyl (C=O) groups is 4. The van der Waals surface area contributed by atoms with Gasteiger partial charge in [0.05, 0.1) is 11.1 Å². The number of nitrogens with one attached hydrogen (secondary N) is 4. The van der Waals surface area contributed by atoms with Crippen molar-refractivity contribution in [2.24, 2.45) is 22.9 Å². The first-order valence-electron chi connectivity index (χ1n) is 10.3. The van der Waals surface area contributed by atoms with E-state index in [9.17, 15) is 19.2 Å². The molecule has 1 rings (SSSR count). The Morgan fingerprint density at radius 1 is 0.750 bits per heavy atom. The number of hydrogen-bond acceptors (Lipinski definition) is 10. The van der Waals surface area contributed by atoms with E-state index in [0.717, 1.165) is 0 Å². The van der Waals surface area contributed by atoms with Crippen molar-refractivity contribution in [3.8, 4) is 0 Å². The summed E-state index contributed by atoms with van der Waals surface area (Å²) in [5.41, 5.74) is 21.1. The summed E-state index contributed by atoms with van der Waals surface area (Å²) in [6.45, 7) is 0.616. The molecule has 0 heterocycles. The zero-order valence-electron chi connectivity index (χ0n) is 18.5. The van der Waals surface area contributed by atoms with Crippen LogP contribution in [0.25, 0.3) is 0 Å². The molecule has 12 N–H and O–H groups in total. The number of guanidine groups is 2. The fourth-order valence-corrected chi connectivity index (χ4v) is 2.61. The monoisotopic (exact) mass is 558 g/mol. The van der Waals surface area contributed by atoms with Crippen LogP contribution in [0.2, 0.25) is 0 Å². The summed E-state index contributed by atoms with van der Waals surface area (Å²) in [6, 6.07) is 3.09. The summed E-state index contributed by atoms with van der Waals surface area (Å²) in [6.07, 6.45) is 1.09. The van der Waals surface area contributed by atoms with Gasteiger partial charge in [-0.15, -0.1) is 0 Å². The van der Waals surface area contributed by atoms with Crippen molar-refractivity contribution in [3.63, 3.8) is 0 Å². The first kappa shape index (κ1) is 37.4. The van der Waals surface area contributed by atoms with E-state index in [2.05, 4.69) is 10.6 Å². The average Bonchev–Trinajstić information content (AvgIpc) is 2.78. The van der Waals surface area contributed by atoms with Crippen LogP contribution in [0.5, 0.6) is 0 Å². The average molecular weight is 559 g/mol. The number of esters is 4. The number of carbonyl (C=O) groups excluding carboxylic acids is 4. The van der Waals surface area contributed by atoms with Crippen molar-refractivity contribution in [1.82, 2.24) is 10.6 Å². The van der Waals surface area contributed by atoms with Gasteiger partial charge in [-0.05, 0) is 37.8 Å². The van der Waals surface area contributed by atoms with E-state index in [0.29, 0.717) is 25.9 Å². The van der Waals surface area contributed by atoms with Gasteiger partial charge in [0.25, 0.3) is 0 Å². The molecular weight excluding hydrogens is 526 g/mol. The summed E-state index contributed by atoms with van der Waals surface area (Å²) in [5.74, 6) is -4.73. The molecule has 0 aliphatic carbocycles. The van der Waals surface area contributed by atoms with E-state index in [1.165, 1.54) is 24.3 Å². The van der Waals surface area contributed by atoms with Crippen molar-refractivity contribution in [2.45, 2.75) is 37.8 Å². The van der Waals surface area contributed by atoms with Gasteiger partial charge >= 0.3 is 127 Å². The van der Waals surface area contributed by atoms with Crippen LogP contribution in [-0.4, -0.2) is 164 Å². The van der Waals surface area contributed by atoms with Gasteiger partial charge in [0.1, 0.15) is 12.1 Å². The molecule has 0 aliphatic heterocycles. The van der Waals surface area contributed by atoms with E-state index in [4.69, 9.17) is 43.2 Å². The van der Waals surface area contributed by atoms with Gasteiger partial charge < -0.3 is 43.0 Å². The fourth-order valence-electron chi connectivity index (χ4n) is 2.61. The van der Waals surface area contributed by atoms with Crippen molar-refractivity contribution in [2.75, 3.05) is 13.1 Å². The number of rotatable bonds is 12. The molecule has 1 aromatic carbocycles. The van der Waals surface area contributed by atoms with Crippen LogP contribution in [0, 0.1) is 10.8 Å². The Balaban J connectivity index is 0. The zero-order chi connectivity index (χ0) is 25.7. The van der Waals surface area contributed by atoms with E-state index in [-0.39, 0.29) is 139 Å². The summed E-state index contributed by atoms with van der Waals surface area (Å²) in [5, 5.41) is 19.2. The van der Waals surface area contributed by atoms with Crippen molar-refractivity contribution >= 4 is 139 Å². The molecule has 16 heteroatoms. The second-order valence-electron chi connectivity index (χ2n) is 7.14. The molecule has 0 bridgehead atoms. The quantitative estimate of drug-likeness (QED) is 0.0317. The van der Waals surface area contributed by atoms with Gasteiger partial charge in [0, 0.05) is 13.1 Å². The summed E-state index contributed by atoms with van der Waals surface area (Å²) in [4.78, 5) is 49.1. The molecular formula is C20H32K2N8O6. The van der Waals surface area contributed by atoms with Crippen LogP contribution in [0.4, 0.5) is 0 Å². The molecule has 0 saturated carbocycles. The molecule has 36 heavy (non-hydrogen) atoms. The third-order valence-corrected chi connectivity index (χ3v) is 4.37. The Morgan fingerprint density at radius 3 is 1.39 bits per heavy atom. The number of nitrogens with two attached hydrogens (primary N) is 4. The molecule has 0 saturated heterocycles. The third-order valence-electron chi connectivity index (χ3n) is 4.37. The van der Waals surface area contributed by atoms with Gasteiger partial charge in [-0.1, -0.05) is 12.1 Å². The number of hydrogen-bond donors (Lipinski definition) is 8. The van der Waals surface area contributed by atoms with Crippen LogP contribution in [0.3, 0.4) is 0 Å². The number of benzene rings is 1. The van der Waals surface area contributed by atoms with Crippen molar-refractivity contribution in [3.05, 3.63) is 35.4 Å². The molecule has 1 aromatic rings. The normalized spacial score (nSPS) is 11.4. The Hall–Kier alpha value is -0.767. The van der Waals surface area contributed by atoms with E-state index in [1.807, 2.05) is 0 Å². The van der Waals surface area contributed by atoms with E-state index in [1.54, 1.807) is 0 Å². The molecule has 0 aromatic heterocycles. The second kappa shape index (κ2) is 20.2. The molecule has 0 amide bonds. The first-order valence-corrected chi connectivity index (χ1v) is 10.3. The van der Waals surface area contributed by atoms with Crippen LogP contribution < -0.4 is 33.6 Å². The Labute approximate surface area is 293 Å². The minimum absolute atomic E-state index is 0. The standard InChI is InChI=1S/C20H30N8O6.2K.2H/c21-13(7-3-9-27-19(23)24)17(31)33-15(29)11-5-1-2-6-12(11)16(30)34-18(32)14(22)8-4-10-28-20(25)26;;;;/h1-2,5-6,13-14H,3-4,7-10,21-22H2,(H4,23,24,27)(H4,25,26,28);;;;/t13-,14-;;;;/m0..../s1. The van der Waals surface area contributed by atoms with Crippen molar-refractivity contribution < 1.29 is 28.7 Å². The Morgan fingerprint density at radius 2 is 1.08 bits per heavy atom. The molecule has 190 valence electrons. The fraction of sp³-hybridized carbons (Fsp3) is 0.400. The second-order valence-corrected chi connectivity index (χ2v) is 7.14. The van der Waals surface area contributed by atoms with Crippen LogP contribution in [0.1, 0.15) is 46.4 Å². The number of ether oxygens (including phenoxy) is 2. The Bertz CT molecular complexity index is 860. The topological polar surface area (TPSA) is 263 Å². The summed E-state index contributed by atoms with van der Waals surface area (Å²) in [7, 11) is 0. The molecule has 0 radical (unpaired) electrons. The van der Waals surface area contributed by atoms with Crippen LogP contribution in [-0.2, 0) is 19.1 Å². The molecule has 2 atom stereocenters. The first-order chi connectivity index (χ1) is 16.0. The zero-order valence-corrected chi connectivity index (χ0v) is 18.5. The summed E-state index contributed by atoms with van der Waals surface area (Å²) < 4.78 is 9.52. The predicted molar refractivity (Wildman–Crippen MR) is 136 cm³/mol. The predicted octanol–water partition coefficient (Wildman–Crippen LogP) is -3.06. The van der Waals surface area contributed by atoms with E-state index < -0.39 is 36.0 Å². The molecule has 0 spiro atoms. The van der Waals surface area contributed by atoms with Crippen molar-refractivity contribution in [1.29, 1.82) is 10.8 Å². The van der Waals surface area contributed by atoms with Gasteiger partial charge in [0.2, 0.25) is 0 Å². The van der Waals surface area contributed by atoms with E-state index >= 15 is 0 Å². The molecule has 0 aliphatic rings. The van der Waals surface area contributed by atoms with Gasteiger partial charge in [0.15, 0.2) is 11.9 Å². The van der Waals surface area contributed by atoms with Gasteiger partial charge in [-0.2, -0.15) is 0 Å². The molecule has 0 fully saturated rings. The summed E-state index contributed by atoms with van der Waals surface area (Å²) >= 11 is 0. The SMILES string of the molecule is N=C(N)NCCC[C@H](N)C(=O)OC(=O)c1ccccc1C(=O)OC(=O)[C@@H](N)CCCNC(=N)N.[KH].[KH]. The van der Waals surface area contributed by atoms with Gasteiger partial charge in [-0.25, -0.2) is 19.2 Å². The maximum absolute atomic E-state index is 12.4. The Kier molecular flexibility index (Phi) is 21.0. The maximum atomic E-state index is 12.4. The molecule has 14 nitrogen and oxygen atoms in total. The van der Waals surface area contributed by atoms with Crippen LogP contribution in [0.15, 0.2) is 24.3 Å². The van der Waals surface area contributed by atoms with Crippen LogP contribution >= 0.6 is 0 Å². The van der Waals surface area contributed by atoms with Gasteiger partial charge in [-0.3, -0.25) is 10.8 Å². The molecule has 0 unspecified atom stereocenters. The minimum atomic E-state index is -1.14.